The normalized spacial score (nSPS) is 12.1. The Morgan fingerprint density at radius 1 is 1.41 bits per heavy atom. The van der Waals surface area contributed by atoms with Crippen LogP contribution in [0.5, 0.6) is 5.75 Å². The highest BCUT2D eigenvalue weighted by Crippen LogP contribution is 2.18. The van der Waals surface area contributed by atoms with E-state index in [9.17, 15) is 9.90 Å². The van der Waals surface area contributed by atoms with Gasteiger partial charge >= 0.3 is 0 Å². The molecule has 1 heterocycles. The molecule has 2 aromatic rings. The number of hydrogen-bond donors (Lipinski definition) is 2. The predicted octanol–water partition coefficient (Wildman–Crippen LogP) is 1.27. The van der Waals surface area contributed by atoms with E-state index < -0.39 is 0 Å². The number of hydrogen-bond acceptors (Lipinski definition) is 3. The van der Waals surface area contributed by atoms with E-state index in [2.05, 4.69) is 10.3 Å². The van der Waals surface area contributed by atoms with Crippen LogP contribution in [-0.4, -0.2) is 20.6 Å². The molecule has 0 radical (unpaired) electrons. The molecule has 0 aliphatic carbocycles. The van der Waals surface area contributed by atoms with Crippen molar-refractivity contribution < 1.29 is 9.90 Å². The average molecular weight is 231 g/mol. The Morgan fingerprint density at radius 3 is 2.65 bits per heavy atom. The number of carbonyl (C=O) groups is 1. The molecule has 0 spiro atoms. The average Bonchev–Trinajstić information content (AvgIpc) is 2.80. The van der Waals surface area contributed by atoms with E-state index in [1.165, 1.54) is 6.92 Å². The first-order valence-corrected chi connectivity index (χ1v) is 5.20. The SMILES string of the molecule is CC(=O)NC(c1ccc(O)cc1)n1ccnc1. The minimum absolute atomic E-state index is 0.128. The number of phenolic OH excluding ortho intramolecular Hbond substituents is 1. The Hall–Kier alpha value is -2.30. The smallest absolute Gasteiger partial charge is 0.218 e. The van der Waals surface area contributed by atoms with Crippen molar-refractivity contribution >= 4 is 5.91 Å². The highest BCUT2D eigenvalue weighted by molar-refractivity contribution is 5.73. The van der Waals surface area contributed by atoms with Gasteiger partial charge in [-0.15, -0.1) is 0 Å². The summed E-state index contributed by atoms with van der Waals surface area (Å²) >= 11 is 0. The standard InChI is InChI=1S/C12H13N3O2/c1-9(16)14-12(15-7-6-13-8-15)10-2-4-11(17)5-3-10/h2-8,12,17H,1H3,(H,14,16). The van der Waals surface area contributed by atoms with Crippen LogP contribution in [0.3, 0.4) is 0 Å². The van der Waals surface area contributed by atoms with Crippen molar-refractivity contribution in [1.29, 1.82) is 0 Å². The lowest BCUT2D eigenvalue weighted by Gasteiger charge is -2.19. The number of nitrogens with one attached hydrogen (secondary N) is 1. The van der Waals surface area contributed by atoms with Gasteiger partial charge in [0.25, 0.3) is 0 Å². The van der Waals surface area contributed by atoms with Gasteiger partial charge in [0.15, 0.2) is 0 Å². The summed E-state index contributed by atoms with van der Waals surface area (Å²) in [6, 6.07) is 6.69. The van der Waals surface area contributed by atoms with Crippen molar-refractivity contribution in [2.24, 2.45) is 0 Å². The molecule has 1 atom stereocenters. The predicted molar refractivity (Wildman–Crippen MR) is 62.3 cm³/mol. The molecule has 2 N–H and O–H groups in total. The second-order valence-electron chi connectivity index (χ2n) is 3.70. The fraction of sp³-hybridized carbons (Fsp3) is 0.167. The molecule has 5 heteroatoms. The van der Waals surface area contributed by atoms with Crippen molar-refractivity contribution in [3.63, 3.8) is 0 Å². The van der Waals surface area contributed by atoms with E-state index in [0.29, 0.717) is 0 Å². The van der Waals surface area contributed by atoms with Crippen LogP contribution in [0.4, 0.5) is 0 Å². The van der Waals surface area contributed by atoms with Gasteiger partial charge in [-0.3, -0.25) is 4.79 Å². The largest absolute Gasteiger partial charge is 0.508 e. The molecule has 1 aromatic carbocycles. The molecule has 88 valence electrons. The quantitative estimate of drug-likeness (QED) is 0.836. The van der Waals surface area contributed by atoms with Crippen molar-refractivity contribution in [3.05, 3.63) is 48.5 Å². The molecule has 0 bridgehead atoms. The number of rotatable bonds is 3. The number of phenols is 1. The third-order valence-corrected chi connectivity index (χ3v) is 2.37. The lowest BCUT2D eigenvalue weighted by Crippen LogP contribution is -2.30. The second-order valence-corrected chi connectivity index (χ2v) is 3.70. The molecule has 0 fully saturated rings. The number of amides is 1. The van der Waals surface area contributed by atoms with Gasteiger partial charge in [-0.1, -0.05) is 12.1 Å². The fourth-order valence-corrected chi connectivity index (χ4v) is 1.60. The molecule has 0 saturated heterocycles. The van der Waals surface area contributed by atoms with Crippen molar-refractivity contribution in [1.82, 2.24) is 14.9 Å². The van der Waals surface area contributed by atoms with E-state index in [-0.39, 0.29) is 17.8 Å². The number of aromatic hydroxyl groups is 1. The van der Waals surface area contributed by atoms with Gasteiger partial charge in [-0.05, 0) is 17.7 Å². The van der Waals surface area contributed by atoms with Crippen LogP contribution in [0.15, 0.2) is 43.0 Å². The van der Waals surface area contributed by atoms with Crippen LogP contribution in [0.1, 0.15) is 18.7 Å². The number of aromatic nitrogens is 2. The summed E-state index contributed by atoms with van der Waals surface area (Å²) in [5, 5.41) is 12.1. The summed E-state index contributed by atoms with van der Waals surface area (Å²) in [5.74, 6) is 0.0673. The highest BCUT2D eigenvalue weighted by atomic mass is 16.3. The van der Waals surface area contributed by atoms with Gasteiger partial charge in [-0.2, -0.15) is 0 Å². The summed E-state index contributed by atoms with van der Waals surface area (Å²) in [6.07, 6.45) is 4.74. The zero-order valence-corrected chi connectivity index (χ0v) is 9.37. The van der Waals surface area contributed by atoms with Gasteiger partial charge in [0.2, 0.25) is 5.91 Å². The number of imidazole rings is 1. The fourth-order valence-electron chi connectivity index (χ4n) is 1.60. The molecule has 0 aliphatic heterocycles. The maximum atomic E-state index is 11.2. The van der Waals surface area contributed by atoms with Gasteiger partial charge < -0.3 is 15.0 Å². The molecule has 5 nitrogen and oxygen atoms in total. The molecule has 0 aliphatic rings. The van der Waals surface area contributed by atoms with Crippen LogP contribution in [0, 0.1) is 0 Å². The molecule has 2 rings (SSSR count). The summed E-state index contributed by atoms with van der Waals surface area (Å²) in [7, 11) is 0. The third kappa shape index (κ3) is 2.63. The van der Waals surface area contributed by atoms with Gasteiger partial charge in [0, 0.05) is 19.3 Å². The van der Waals surface area contributed by atoms with Crippen molar-refractivity contribution in [3.8, 4) is 5.75 Å². The van der Waals surface area contributed by atoms with E-state index in [4.69, 9.17) is 0 Å². The molecular weight excluding hydrogens is 218 g/mol. The lowest BCUT2D eigenvalue weighted by molar-refractivity contribution is -0.119. The lowest BCUT2D eigenvalue weighted by atomic mass is 10.1. The summed E-state index contributed by atoms with van der Waals surface area (Å²) in [6.45, 7) is 1.46. The first-order chi connectivity index (χ1) is 8.16. The first-order valence-electron chi connectivity index (χ1n) is 5.20. The molecule has 1 amide bonds. The third-order valence-electron chi connectivity index (χ3n) is 2.37. The van der Waals surface area contributed by atoms with Crippen LogP contribution < -0.4 is 5.32 Å². The first kappa shape index (κ1) is 11.2. The second kappa shape index (κ2) is 4.69. The van der Waals surface area contributed by atoms with Crippen LogP contribution in [-0.2, 0) is 4.79 Å². The summed E-state index contributed by atoms with van der Waals surface area (Å²) < 4.78 is 1.79. The Bertz CT molecular complexity index is 491. The number of carbonyl (C=O) groups excluding carboxylic acids is 1. The van der Waals surface area contributed by atoms with Crippen molar-refractivity contribution in [2.45, 2.75) is 13.1 Å². The van der Waals surface area contributed by atoms with Gasteiger partial charge in [0.05, 0.1) is 6.33 Å². The maximum absolute atomic E-state index is 11.2. The van der Waals surface area contributed by atoms with Crippen LogP contribution in [0.25, 0.3) is 0 Å². The summed E-state index contributed by atoms with van der Waals surface area (Å²) in [4.78, 5) is 15.2. The number of benzene rings is 1. The molecule has 1 aromatic heterocycles. The Balaban J connectivity index is 2.33. The maximum Gasteiger partial charge on any atom is 0.218 e. The molecule has 1 unspecified atom stereocenters. The molecule has 0 saturated carbocycles. The highest BCUT2D eigenvalue weighted by Gasteiger charge is 2.13. The number of nitrogens with zero attached hydrogens (tertiary/aromatic N) is 2. The molecule has 17 heavy (non-hydrogen) atoms. The Kier molecular flexibility index (Phi) is 3.09. The van der Waals surface area contributed by atoms with E-state index in [0.717, 1.165) is 5.56 Å². The van der Waals surface area contributed by atoms with Crippen LogP contribution >= 0.6 is 0 Å². The van der Waals surface area contributed by atoms with Crippen LogP contribution in [0.2, 0.25) is 0 Å². The van der Waals surface area contributed by atoms with E-state index >= 15 is 0 Å². The van der Waals surface area contributed by atoms with E-state index in [1.54, 1.807) is 47.6 Å². The van der Waals surface area contributed by atoms with Gasteiger partial charge in [-0.25, -0.2) is 4.98 Å². The molecular formula is C12H13N3O2. The monoisotopic (exact) mass is 231 g/mol. The zero-order valence-electron chi connectivity index (χ0n) is 9.37. The minimum Gasteiger partial charge on any atom is -0.508 e. The Labute approximate surface area is 98.7 Å². The van der Waals surface area contributed by atoms with E-state index in [1.807, 2.05) is 0 Å². The van der Waals surface area contributed by atoms with Crippen molar-refractivity contribution in [2.75, 3.05) is 0 Å². The summed E-state index contributed by atoms with van der Waals surface area (Å²) in [5.41, 5.74) is 0.871. The topological polar surface area (TPSA) is 67.2 Å². The minimum atomic E-state index is -0.310. The Morgan fingerprint density at radius 2 is 2.12 bits per heavy atom. The zero-order chi connectivity index (χ0) is 12.3. The van der Waals surface area contributed by atoms with Gasteiger partial charge in [0.1, 0.15) is 11.9 Å².